The van der Waals surface area contributed by atoms with E-state index in [4.69, 9.17) is 10.7 Å². The number of rotatable bonds is 5. The Hall–Kier alpha value is -1.98. The van der Waals surface area contributed by atoms with E-state index in [1.807, 2.05) is 12.3 Å². The highest BCUT2D eigenvalue weighted by molar-refractivity contribution is 7.22. The van der Waals surface area contributed by atoms with Gasteiger partial charge in [0.15, 0.2) is 0 Å². The second-order valence-corrected chi connectivity index (χ2v) is 8.00. The molecule has 3 N–H and O–H groups in total. The molecule has 1 aliphatic carbocycles. The summed E-state index contributed by atoms with van der Waals surface area (Å²) in [6.45, 7) is 1.79. The van der Waals surface area contributed by atoms with Gasteiger partial charge in [-0.15, -0.1) is 11.3 Å². The Morgan fingerprint density at radius 2 is 1.88 bits per heavy atom. The van der Waals surface area contributed by atoms with Crippen molar-refractivity contribution >= 4 is 27.4 Å². The summed E-state index contributed by atoms with van der Waals surface area (Å²) >= 11 is 1.78. The molecule has 2 heterocycles. The van der Waals surface area contributed by atoms with Crippen LogP contribution in [0.5, 0.6) is 0 Å². The molecule has 5 heteroatoms. The van der Waals surface area contributed by atoms with Crippen molar-refractivity contribution in [3.05, 3.63) is 42.6 Å². The van der Waals surface area contributed by atoms with Gasteiger partial charge in [0.25, 0.3) is 0 Å². The van der Waals surface area contributed by atoms with Crippen LogP contribution in [0.25, 0.3) is 20.7 Å². The zero-order valence-electron chi connectivity index (χ0n) is 14.3. The molecule has 0 unspecified atom stereocenters. The number of aromatic nitrogens is 2. The van der Waals surface area contributed by atoms with Gasteiger partial charge in [-0.05, 0) is 67.6 Å². The molecule has 1 aliphatic rings. The average Bonchev–Trinajstić information content (AvgIpc) is 3.11. The molecule has 1 saturated carbocycles. The predicted molar refractivity (Wildman–Crippen MR) is 106 cm³/mol. The van der Waals surface area contributed by atoms with E-state index in [9.17, 15) is 0 Å². The molecule has 2 aromatic heterocycles. The van der Waals surface area contributed by atoms with Gasteiger partial charge in [-0.3, -0.25) is 0 Å². The first-order valence-corrected chi connectivity index (χ1v) is 9.89. The molecule has 1 fully saturated rings. The Bertz CT molecular complexity index is 803. The molecule has 0 spiro atoms. The van der Waals surface area contributed by atoms with Crippen molar-refractivity contribution in [3.8, 4) is 10.6 Å². The fraction of sp³-hybridized carbons (Fsp3) is 0.400. The highest BCUT2D eigenvalue weighted by Gasteiger charge is 2.20. The summed E-state index contributed by atoms with van der Waals surface area (Å²) in [5, 5.41) is 4.71. The first-order valence-electron chi connectivity index (χ1n) is 9.08. The molecule has 0 bridgehead atoms. The number of fused-ring (bicyclic) bond motifs is 1. The Morgan fingerprint density at radius 3 is 2.68 bits per heavy atom. The van der Waals surface area contributed by atoms with Crippen LogP contribution in [0.15, 0.2) is 42.6 Å². The molecule has 4 nitrogen and oxygen atoms in total. The van der Waals surface area contributed by atoms with Gasteiger partial charge >= 0.3 is 0 Å². The standard InChI is InChI=1S/C20H24N4S/c21-12-14-5-7-15(8-6-14)13-23-20-22-10-9-17(24-20)19-11-16-3-1-2-4-18(16)25-19/h1-4,9-11,14-15H,5-8,12-13,21H2,(H,22,23,24)/t14-,15+. The van der Waals surface area contributed by atoms with E-state index in [0.29, 0.717) is 5.92 Å². The van der Waals surface area contributed by atoms with E-state index in [1.54, 1.807) is 11.3 Å². The van der Waals surface area contributed by atoms with E-state index in [0.717, 1.165) is 30.6 Å². The summed E-state index contributed by atoms with van der Waals surface area (Å²) in [5.74, 6) is 2.17. The number of thiophene rings is 1. The number of hydrogen-bond acceptors (Lipinski definition) is 5. The van der Waals surface area contributed by atoms with Gasteiger partial charge < -0.3 is 11.1 Å². The lowest BCUT2D eigenvalue weighted by molar-refractivity contribution is 0.289. The Balaban J connectivity index is 1.43. The number of nitrogens with one attached hydrogen (secondary N) is 1. The van der Waals surface area contributed by atoms with E-state index < -0.39 is 0 Å². The molecule has 130 valence electrons. The Labute approximate surface area is 152 Å². The molecule has 0 aliphatic heterocycles. The fourth-order valence-corrected chi connectivity index (χ4v) is 4.63. The lowest BCUT2D eigenvalue weighted by Gasteiger charge is -2.27. The minimum atomic E-state index is 0.708. The summed E-state index contributed by atoms with van der Waals surface area (Å²) in [4.78, 5) is 10.3. The number of benzene rings is 1. The molecule has 4 rings (SSSR count). The van der Waals surface area contributed by atoms with Crippen molar-refractivity contribution in [2.75, 3.05) is 18.4 Å². The number of nitrogens with two attached hydrogens (primary N) is 1. The molecule has 0 radical (unpaired) electrons. The monoisotopic (exact) mass is 352 g/mol. The molecule has 0 atom stereocenters. The van der Waals surface area contributed by atoms with Gasteiger partial charge in [0.1, 0.15) is 0 Å². The Morgan fingerprint density at radius 1 is 1.08 bits per heavy atom. The topological polar surface area (TPSA) is 63.8 Å². The highest BCUT2D eigenvalue weighted by atomic mass is 32.1. The molecular formula is C20H24N4S. The van der Waals surface area contributed by atoms with Crippen molar-refractivity contribution in [1.82, 2.24) is 9.97 Å². The maximum absolute atomic E-state index is 5.78. The van der Waals surface area contributed by atoms with Crippen molar-refractivity contribution in [2.24, 2.45) is 17.6 Å². The summed E-state index contributed by atoms with van der Waals surface area (Å²) in [6.07, 6.45) is 6.87. The third-order valence-electron chi connectivity index (χ3n) is 5.18. The van der Waals surface area contributed by atoms with Crippen LogP contribution < -0.4 is 11.1 Å². The Kier molecular flexibility index (Phi) is 4.95. The first kappa shape index (κ1) is 16.5. The second-order valence-electron chi connectivity index (χ2n) is 6.92. The van der Waals surface area contributed by atoms with Crippen LogP contribution in [-0.2, 0) is 0 Å². The molecule has 1 aromatic carbocycles. The predicted octanol–water partition coefficient (Wildman–Crippen LogP) is 4.54. The van der Waals surface area contributed by atoms with Crippen LogP contribution in [-0.4, -0.2) is 23.1 Å². The van der Waals surface area contributed by atoms with Crippen LogP contribution in [0, 0.1) is 11.8 Å². The van der Waals surface area contributed by atoms with Crippen LogP contribution in [0.3, 0.4) is 0 Å². The second kappa shape index (κ2) is 7.50. The third-order valence-corrected chi connectivity index (χ3v) is 6.32. The third kappa shape index (κ3) is 3.83. The van der Waals surface area contributed by atoms with Crippen molar-refractivity contribution in [1.29, 1.82) is 0 Å². The summed E-state index contributed by atoms with van der Waals surface area (Å²) in [6, 6.07) is 12.7. The van der Waals surface area contributed by atoms with Crippen molar-refractivity contribution in [2.45, 2.75) is 25.7 Å². The van der Waals surface area contributed by atoms with E-state index in [-0.39, 0.29) is 0 Å². The maximum Gasteiger partial charge on any atom is 0.223 e. The number of hydrogen-bond donors (Lipinski definition) is 2. The van der Waals surface area contributed by atoms with Gasteiger partial charge in [0.05, 0.1) is 10.6 Å². The van der Waals surface area contributed by atoms with Gasteiger partial charge in [-0.1, -0.05) is 18.2 Å². The quantitative estimate of drug-likeness (QED) is 0.708. The maximum atomic E-state index is 5.78. The van der Waals surface area contributed by atoms with Crippen molar-refractivity contribution < 1.29 is 0 Å². The van der Waals surface area contributed by atoms with Gasteiger partial charge in [-0.25, -0.2) is 9.97 Å². The van der Waals surface area contributed by atoms with Crippen LogP contribution in [0.4, 0.5) is 5.95 Å². The summed E-state index contributed by atoms with van der Waals surface area (Å²) < 4.78 is 1.29. The number of nitrogens with zero attached hydrogens (tertiary/aromatic N) is 2. The molecule has 25 heavy (non-hydrogen) atoms. The lowest BCUT2D eigenvalue weighted by atomic mass is 9.82. The zero-order valence-corrected chi connectivity index (χ0v) is 15.1. The smallest absolute Gasteiger partial charge is 0.223 e. The summed E-state index contributed by atoms with van der Waals surface area (Å²) in [7, 11) is 0. The largest absolute Gasteiger partial charge is 0.354 e. The minimum absolute atomic E-state index is 0.708. The highest BCUT2D eigenvalue weighted by Crippen LogP contribution is 2.32. The molecular weight excluding hydrogens is 328 g/mol. The molecule has 3 aromatic rings. The molecule has 0 saturated heterocycles. The SMILES string of the molecule is NC[C@H]1CC[C@@H](CNc2nccc(-c3cc4ccccc4s3)n2)CC1. The van der Waals surface area contributed by atoms with E-state index in [2.05, 4.69) is 40.6 Å². The van der Waals surface area contributed by atoms with Crippen LogP contribution in [0.1, 0.15) is 25.7 Å². The number of anilines is 1. The van der Waals surface area contributed by atoms with E-state index >= 15 is 0 Å². The first-order chi connectivity index (χ1) is 12.3. The summed E-state index contributed by atoms with van der Waals surface area (Å²) in [5.41, 5.74) is 6.77. The van der Waals surface area contributed by atoms with Gasteiger partial charge in [0.2, 0.25) is 5.95 Å². The van der Waals surface area contributed by atoms with Gasteiger partial charge in [0, 0.05) is 17.4 Å². The fourth-order valence-electron chi connectivity index (χ4n) is 3.60. The lowest BCUT2D eigenvalue weighted by Crippen LogP contribution is -2.25. The van der Waals surface area contributed by atoms with E-state index in [1.165, 1.54) is 40.6 Å². The average molecular weight is 353 g/mol. The van der Waals surface area contributed by atoms with Gasteiger partial charge in [-0.2, -0.15) is 0 Å². The van der Waals surface area contributed by atoms with Crippen molar-refractivity contribution in [3.63, 3.8) is 0 Å². The van der Waals surface area contributed by atoms with Crippen LogP contribution in [0.2, 0.25) is 0 Å². The van der Waals surface area contributed by atoms with Crippen LogP contribution >= 0.6 is 11.3 Å². The molecule has 0 amide bonds. The normalized spacial score (nSPS) is 20.7. The zero-order chi connectivity index (χ0) is 17.1. The minimum Gasteiger partial charge on any atom is -0.354 e.